The van der Waals surface area contributed by atoms with E-state index in [-0.39, 0.29) is 30.3 Å². The summed E-state index contributed by atoms with van der Waals surface area (Å²) in [6.07, 6.45) is 5.72. The highest BCUT2D eigenvalue weighted by molar-refractivity contribution is 5.88. The molecule has 2 rings (SSSR count). The van der Waals surface area contributed by atoms with E-state index in [1.807, 2.05) is 12.2 Å². The summed E-state index contributed by atoms with van der Waals surface area (Å²) < 4.78 is 5.27. The Bertz CT molecular complexity index is 391. The summed E-state index contributed by atoms with van der Waals surface area (Å²) in [6.45, 7) is 2.87. The Balaban J connectivity index is 1.96. The molecular formula is C15H24N2O4. The van der Waals surface area contributed by atoms with Crippen molar-refractivity contribution in [3.63, 3.8) is 0 Å². The molecule has 0 aromatic carbocycles. The minimum atomic E-state index is -0.302. The number of hydrogen-bond acceptors (Lipinski definition) is 4. The number of ether oxygens (including phenoxy) is 1. The second-order valence-corrected chi connectivity index (χ2v) is 5.46. The van der Waals surface area contributed by atoms with Gasteiger partial charge in [-0.15, -0.1) is 0 Å². The van der Waals surface area contributed by atoms with Crippen LogP contribution in [0.25, 0.3) is 0 Å². The lowest BCUT2D eigenvalue weighted by Gasteiger charge is -2.34. The number of aliphatic hydroxyl groups is 1. The highest BCUT2D eigenvalue weighted by Crippen LogP contribution is 2.28. The molecule has 1 aliphatic carbocycles. The van der Waals surface area contributed by atoms with Crippen molar-refractivity contribution in [2.75, 3.05) is 39.5 Å². The van der Waals surface area contributed by atoms with E-state index in [2.05, 4.69) is 5.32 Å². The number of morpholine rings is 1. The molecule has 1 heterocycles. The molecule has 0 spiro atoms. The molecule has 2 amide bonds. The Kier molecular flexibility index (Phi) is 6.20. The summed E-state index contributed by atoms with van der Waals surface area (Å²) in [6, 6.07) is 0. The van der Waals surface area contributed by atoms with Crippen molar-refractivity contribution in [2.24, 2.45) is 11.8 Å². The lowest BCUT2D eigenvalue weighted by molar-refractivity contribution is -0.145. The van der Waals surface area contributed by atoms with Gasteiger partial charge in [0.25, 0.3) is 0 Å². The first-order valence-corrected chi connectivity index (χ1v) is 7.64. The molecule has 6 nitrogen and oxygen atoms in total. The summed E-state index contributed by atoms with van der Waals surface area (Å²) in [7, 11) is 0. The van der Waals surface area contributed by atoms with Gasteiger partial charge in [0.05, 0.1) is 25.0 Å². The van der Waals surface area contributed by atoms with Crippen LogP contribution in [-0.4, -0.2) is 61.3 Å². The third kappa shape index (κ3) is 4.28. The molecular weight excluding hydrogens is 272 g/mol. The van der Waals surface area contributed by atoms with Gasteiger partial charge in [-0.05, 0) is 19.3 Å². The van der Waals surface area contributed by atoms with Crippen LogP contribution in [-0.2, 0) is 14.3 Å². The van der Waals surface area contributed by atoms with E-state index in [1.54, 1.807) is 4.90 Å². The fourth-order valence-corrected chi connectivity index (χ4v) is 2.82. The number of amides is 2. The molecule has 1 aliphatic heterocycles. The predicted molar refractivity (Wildman–Crippen MR) is 77.5 cm³/mol. The van der Waals surface area contributed by atoms with Crippen LogP contribution < -0.4 is 5.32 Å². The van der Waals surface area contributed by atoms with Crippen molar-refractivity contribution in [3.8, 4) is 0 Å². The SMILES string of the molecule is O=C(NCCCO)C1CC=CCC1C(=O)N1CCOCC1. The van der Waals surface area contributed by atoms with Gasteiger partial charge in [0.15, 0.2) is 0 Å². The van der Waals surface area contributed by atoms with Gasteiger partial charge >= 0.3 is 0 Å². The molecule has 2 N–H and O–H groups in total. The van der Waals surface area contributed by atoms with Crippen LogP contribution in [0.3, 0.4) is 0 Å². The van der Waals surface area contributed by atoms with E-state index >= 15 is 0 Å². The van der Waals surface area contributed by atoms with Crippen LogP contribution in [0.15, 0.2) is 12.2 Å². The van der Waals surface area contributed by atoms with Gasteiger partial charge in [0.2, 0.25) is 11.8 Å². The van der Waals surface area contributed by atoms with Crippen molar-refractivity contribution in [1.82, 2.24) is 10.2 Å². The minimum absolute atomic E-state index is 0.0565. The van der Waals surface area contributed by atoms with E-state index in [0.29, 0.717) is 52.1 Å². The fourth-order valence-electron chi connectivity index (χ4n) is 2.82. The molecule has 2 unspecified atom stereocenters. The van der Waals surface area contributed by atoms with Gasteiger partial charge in [0.1, 0.15) is 0 Å². The van der Waals surface area contributed by atoms with Crippen molar-refractivity contribution >= 4 is 11.8 Å². The predicted octanol–water partition coefficient (Wildman–Crippen LogP) is -0.0738. The summed E-state index contributed by atoms with van der Waals surface area (Å²) in [5.74, 6) is -0.601. The average molecular weight is 296 g/mol. The molecule has 0 aromatic heterocycles. The van der Waals surface area contributed by atoms with E-state index < -0.39 is 0 Å². The molecule has 118 valence electrons. The fraction of sp³-hybridized carbons (Fsp3) is 0.733. The number of allylic oxidation sites excluding steroid dienone is 2. The minimum Gasteiger partial charge on any atom is -0.396 e. The van der Waals surface area contributed by atoms with Gasteiger partial charge in [-0.3, -0.25) is 9.59 Å². The van der Waals surface area contributed by atoms with Crippen LogP contribution in [0.5, 0.6) is 0 Å². The highest BCUT2D eigenvalue weighted by atomic mass is 16.5. The third-order valence-electron chi connectivity index (χ3n) is 4.04. The van der Waals surface area contributed by atoms with Crippen molar-refractivity contribution in [2.45, 2.75) is 19.3 Å². The Labute approximate surface area is 125 Å². The third-order valence-corrected chi connectivity index (χ3v) is 4.04. The van der Waals surface area contributed by atoms with Crippen LogP contribution >= 0.6 is 0 Å². The Morgan fingerprint density at radius 3 is 2.52 bits per heavy atom. The smallest absolute Gasteiger partial charge is 0.226 e. The highest BCUT2D eigenvalue weighted by Gasteiger charge is 2.36. The number of hydrogen-bond donors (Lipinski definition) is 2. The lowest BCUT2D eigenvalue weighted by atomic mass is 9.81. The molecule has 0 radical (unpaired) electrons. The van der Waals surface area contributed by atoms with Gasteiger partial charge < -0.3 is 20.1 Å². The Morgan fingerprint density at radius 2 is 1.86 bits per heavy atom. The van der Waals surface area contributed by atoms with Crippen LogP contribution in [0.1, 0.15) is 19.3 Å². The second kappa shape index (κ2) is 8.14. The zero-order chi connectivity index (χ0) is 15.1. The zero-order valence-corrected chi connectivity index (χ0v) is 12.3. The normalized spacial score (nSPS) is 25.7. The van der Waals surface area contributed by atoms with Gasteiger partial charge in [-0.25, -0.2) is 0 Å². The van der Waals surface area contributed by atoms with Crippen molar-refractivity contribution in [1.29, 1.82) is 0 Å². The maximum atomic E-state index is 12.6. The molecule has 2 aliphatic rings. The first kappa shape index (κ1) is 16.0. The molecule has 6 heteroatoms. The van der Waals surface area contributed by atoms with Crippen LogP contribution in [0, 0.1) is 11.8 Å². The van der Waals surface area contributed by atoms with Crippen molar-refractivity contribution in [3.05, 3.63) is 12.2 Å². The number of aliphatic hydroxyl groups excluding tert-OH is 1. The maximum Gasteiger partial charge on any atom is 0.226 e. The zero-order valence-electron chi connectivity index (χ0n) is 12.3. The maximum absolute atomic E-state index is 12.6. The number of rotatable bonds is 5. The molecule has 0 aromatic rings. The van der Waals surface area contributed by atoms with Gasteiger partial charge in [0, 0.05) is 26.2 Å². The standard InChI is InChI=1S/C15H24N2O4/c18-9-3-6-16-14(19)12-4-1-2-5-13(12)15(20)17-7-10-21-11-8-17/h1-2,12-13,18H,3-11H2,(H,16,19). The van der Waals surface area contributed by atoms with Gasteiger partial charge in [-0.2, -0.15) is 0 Å². The van der Waals surface area contributed by atoms with E-state index in [0.717, 1.165) is 0 Å². The summed E-state index contributed by atoms with van der Waals surface area (Å²) in [5.41, 5.74) is 0. The quantitative estimate of drug-likeness (QED) is 0.550. The summed E-state index contributed by atoms with van der Waals surface area (Å²) in [4.78, 5) is 26.7. The number of nitrogens with one attached hydrogen (secondary N) is 1. The molecule has 0 bridgehead atoms. The molecule has 1 fully saturated rings. The first-order valence-electron chi connectivity index (χ1n) is 7.64. The van der Waals surface area contributed by atoms with E-state index in [4.69, 9.17) is 9.84 Å². The van der Waals surface area contributed by atoms with E-state index in [1.165, 1.54) is 0 Å². The first-order chi connectivity index (χ1) is 10.2. The van der Waals surface area contributed by atoms with Crippen LogP contribution in [0.4, 0.5) is 0 Å². The largest absolute Gasteiger partial charge is 0.396 e. The molecule has 1 saturated heterocycles. The lowest BCUT2D eigenvalue weighted by Crippen LogP contribution is -2.48. The number of carbonyl (C=O) groups excluding carboxylic acids is 2. The second-order valence-electron chi connectivity index (χ2n) is 5.46. The average Bonchev–Trinajstić information content (AvgIpc) is 2.55. The number of carbonyl (C=O) groups is 2. The summed E-state index contributed by atoms with van der Waals surface area (Å²) in [5, 5.41) is 11.6. The van der Waals surface area contributed by atoms with Crippen LogP contribution in [0.2, 0.25) is 0 Å². The Hall–Kier alpha value is -1.40. The Morgan fingerprint density at radius 1 is 1.19 bits per heavy atom. The molecule has 21 heavy (non-hydrogen) atoms. The van der Waals surface area contributed by atoms with E-state index in [9.17, 15) is 9.59 Å². The molecule has 2 atom stereocenters. The number of nitrogens with zero attached hydrogens (tertiary/aromatic N) is 1. The van der Waals surface area contributed by atoms with Crippen molar-refractivity contribution < 1.29 is 19.4 Å². The summed E-state index contributed by atoms with van der Waals surface area (Å²) >= 11 is 0. The van der Waals surface area contributed by atoms with Gasteiger partial charge in [-0.1, -0.05) is 12.2 Å². The topological polar surface area (TPSA) is 78.9 Å². The monoisotopic (exact) mass is 296 g/mol. The molecule has 0 saturated carbocycles.